The molecule has 1 aliphatic carbocycles. The lowest BCUT2D eigenvalue weighted by molar-refractivity contribution is 0.193. The average Bonchev–Trinajstić information content (AvgIpc) is 2.60. The molecule has 1 aliphatic heterocycles. The van der Waals surface area contributed by atoms with E-state index in [-0.39, 0.29) is 0 Å². The maximum atomic E-state index is 3.60. The SMILES string of the molecule is CCCC1CNCC1C(C)CC1CCC1. The molecule has 1 N–H and O–H groups in total. The number of hydrogen-bond acceptors (Lipinski definition) is 1. The molecule has 1 heteroatoms. The van der Waals surface area contributed by atoms with Gasteiger partial charge < -0.3 is 5.32 Å². The summed E-state index contributed by atoms with van der Waals surface area (Å²) in [6, 6.07) is 0. The zero-order chi connectivity index (χ0) is 10.7. The molecule has 0 radical (unpaired) electrons. The normalized spacial score (nSPS) is 34.0. The van der Waals surface area contributed by atoms with Crippen LogP contribution in [0.1, 0.15) is 52.4 Å². The quantitative estimate of drug-likeness (QED) is 0.731. The van der Waals surface area contributed by atoms with Crippen molar-refractivity contribution in [1.82, 2.24) is 5.32 Å². The average molecular weight is 209 g/mol. The summed E-state index contributed by atoms with van der Waals surface area (Å²) in [5, 5.41) is 3.60. The first-order valence-electron chi connectivity index (χ1n) is 7.02. The maximum absolute atomic E-state index is 3.60. The van der Waals surface area contributed by atoms with Crippen LogP contribution in [0.3, 0.4) is 0 Å². The second-order valence-corrected chi connectivity index (χ2v) is 5.88. The Bertz CT molecular complexity index is 186. The van der Waals surface area contributed by atoms with Crippen molar-refractivity contribution in [3.8, 4) is 0 Å². The van der Waals surface area contributed by atoms with Gasteiger partial charge in [-0.15, -0.1) is 0 Å². The Kier molecular flexibility index (Phi) is 4.07. The van der Waals surface area contributed by atoms with Crippen LogP contribution in [0.5, 0.6) is 0 Å². The fourth-order valence-electron chi connectivity index (χ4n) is 3.54. The van der Waals surface area contributed by atoms with Crippen molar-refractivity contribution in [3.05, 3.63) is 0 Å². The third-order valence-corrected chi connectivity index (χ3v) is 4.71. The monoisotopic (exact) mass is 209 g/mol. The van der Waals surface area contributed by atoms with Gasteiger partial charge in [0.2, 0.25) is 0 Å². The molecule has 0 aromatic carbocycles. The van der Waals surface area contributed by atoms with E-state index >= 15 is 0 Å². The van der Waals surface area contributed by atoms with Gasteiger partial charge in [-0.05, 0) is 49.6 Å². The van der Waals surface area contributed by atoms with E-state index in [1.165, 1.54) is 51.6 Å². The van der Waals surface area contributed by atoms with Gasteiger partial charge in [0.1, 0.15) is 0 Å². The van der Waals surface area contributed by atoms with E-state index in [0.29, 0.717) is 0 Å². The molecule has 1 saturated carbocycles. The molecule has 3 unspecified atom stereocenters. The van der Waals surface area contributed by atoms with E-state index in [2.05, 4.69) is 19.2 Å². The second-order valence-electron chi connectivity index (χ2n) is 5.88. The van der Waals surface area contributed by atoms with Crippen molar-refractivity contribution in [2.75, 3.05) is 13.1 Å². The van der Waals surface area contributed by atoms with Gasteiger partial charge >= 0.3 is 0 Å². The molecule has 0 aromatic rings. The standard InChI is InChI=1S/C14H27N/c1-3-5-13-9-15-10-14(13)11(2)8-12-6-4-7-12/h11-15H,3-10H2,1-2H3. The molecule has 2 rings (SSSR count). The topological polar surface area (TPSA) is 12.0 Å². The Morgan fingerprint density at radius 1 is 1.27 bits per heavy atom. The summed E-state index contributed by atoms with van der Waals surface area (Å²) in [5.41, 5.74) is 0. The number of rotatable bonds is 5. The van der Waals surface area contributed by atoms with E-state index in [9.17, 15) is 0 Å². The first kappa shape index (κ1) is 11.4. The van der Waals surface area contributed by atoms with Crippen LogP contribution in [-0.2, 0) is 0 Å². The van der Waals surface area contributed by atoms with Gasteiger partial charge in [0.25, 0.3) is 0 Å². The number of nitrogens with one attached hydrogen (secondary N) is 1. The molecule has 1 saturated heterocycles. The molecule has 0 aromatic heterocycles. The molecule has 2 aliphatic rings. The largest absolute Gasteiger partial charge is 0.316 e. The lowest BCUT2D eigenvalue weighted by Crippen LogP contribution is -2.25. The Morgan fingerprint density at radius 3 is 2.67 bits per heavy atom. The predicted octanol–water partition coefficient (Wildman–Crippen LogP) is 3.45. The van der Waals surface area contributed by atoms with Crippen molar-refractivity contribution < 1.29 is 0 Å². The Labute approximate surface area is 95.0 Å². The first-order valence-corrected chi connectivity index (χ1v) is 7.02. The lowest BCUT2D eigenvalue weighted by Gasteiger charge is -2.32. The third-order valence-electron chi connectivity index (χ3n) is 4.71. The lowest BCUT2D eigenvalue weighted by atomic mass is 9.73. The summed E-state index contributed by atoms with van der Waals surface area (Å²) < 4.78 is 0. The van der Waals surface area contributed by atoms with Gasteiger partial charge in [0.15, 0.2) is 0 Å². The van der Waals surface area contributed by atoms with E-state index in [1.54, 1.807) is 0 Å². The van der Waals surface area contributed by atoms with Crippen LogP contribution < -0.4 is 5.32 Å². The third kappa shape index (κ3) is 2.75. The van der Waals surface area contributed by atoms with Gasteiger partial charge in [-0.3, -0.25) is 0 Å². The summed E-state index contributed by atoms with van der Waals surface area (Å²) in [4.78, 5) is 0. The molecule has 0 spiro atoms. The molecule has 3 atom stereocenters. The van der Waals surface area contributed by atoms with Crippen LogP contribution in [0.2, 0.25) is 0 Å². The highest BCUT2D eigenvalue weighted by Gasteiger charge is 2.32. The minimum absolute atomic E-state index is 0.960. The zero-order valence-electron chi connectivity index (χ0n) is 10.5. The summed E-state index contributed by atoms with van der Waals surface area (Å²) in [5.74, 6) is 4.00. The molecular weight excluding hydrogens is 182 g/mol. The van der Waals surface area contributed by atoms with Crippen molar-refractivity contribution in [2.45, 2.75) is 52.4 Å². The highest BCUT2D eigenvalue weighted by atomic mass is 14.9. The molecule has 1 nitrogen and oxygen atoms in total. The van der Waals surface area contributed by atoms with Crippen molar-refractivity contribution >= 4 is 0 Å². The van der Waals surface area contributed by atoms with Crippen molar-refractivity contribution in [3.63, 3.8) is 0 Å². The van der Waals surface area contributed by atoms with Gasteiger partial charge in [0, 0.05) is 0 Å². The number of hydrogen-bond donors (Lipinski definition) is 1. The van der Waals surface area contributed by atoms with E-state index in [0.717, 1.165) is 23.7 Å². The highest BCUT2D eigenvalue weighted by Crippen LogP contribution is 2.37. The smallest absolute Gasteiger partial charge is 0.00147 e. The summed E-state index contributed by atoms with van der Waals surface area (Å²) >= 11 is 0. The van der Waals surface area contributed by atoms with Crippen molar-refractivity contribution in [1.29, 1.82) is 0 Å². The highest BCUT2D eigenvalue weighted by molar-refractivity contribution is 4.86. The molecule has 88 valence electrons. The molecule has 15 heavy (non-hydrogen) atoms. The molecule has 1 heterocycles. The second kappa shape index (κ2) is 5.34. The Hall–Kier alpha value is -0.0400. The maximum Gasteiger partial charge on any atom is -0.00147 e. The molecule has 0 amide bonds. The fourth-order valence-corrected chi connectivity index (χ4v) is 3.54. The van der Waals surface area contributed by atoms with Crippen LogP contribution in [0, 0.1) is 23.7 Å². The Balaban J connectivity index is 1.79. The first-order chi connectivity index (χ1) is 7.31. The molecule has 0 bridgehead atoms. The van der Waals surface area contributed by atoms with Crippen molar-refractivity contribution in [2.24, 2.45) is 23.7 Å². The minimum atomic E-state index is 0.960. The molecule has 2 fully saturated rings. The predicted molar refractivity (Wildman–Crippen MR) is 65.9 cm³/mol. The van der Waals surface area contributed by atoms with Gasteiger partial charge in [-0.1, -0.05) is 39.5 Å². The van der Waals surface area contributed by atoms with Crippen LogP contribution >= 0.6 is 0 Å². The summed E-state index contributed by atoms with van der Waals surface area (Å²) in [6.45, 7) is 7.40. The van der Waals surface area contributed by atoms with Crippen LogP contribution in [0.25, 0.3) is 0 Å². The van der Waals surface area contributed by atoms with Gasteiger partial charge in [0.05, 0.1) is 0 Å². The van der Waals surface area contributed by atoms with Gasteiger partial charge in [-0.2, -0.15) is 0 Å². The van der Waals surface area contributed by atoms with E-state index < -0.39 is 0 Å². The summed E-state index contributed by atoms with van der Waals surface area (Å²) in [6.07, 6.45) is 8.84. The van der Waals surface area contributed by atoms with Crippen LogP contribution in [0.4, 0.5) is 0 Å². The van der Waals surface area contributed by atoms with Crippen LogP contribution in [0.15, 0.2) is 0 Å². The van der Waals surface area contributed by atoms with Gasteiger partial charge in [-0.25, -0.2) is 0 Å². The summed E-state index contributed by atoms with van der Waals surface area (Å²) in [7, 11) is 0. The minimum Gasteiger partial charge on any atom is -0.316 e. The Morgan fingerprint density at radius 2 is 2.07 bits per heavy atom. The zero-order valence-corrected chi connectivity index (χ0v) is 10.5. The van der Waals surface area contributed by atoms with E-state index in [1.807, 2.05) is 0 Å². The van der Waals surface area contributed by atoms with E-state index in [4.69, 9.17) is 0 Å². The van der Waals surface area contributed by atoms with Crippen LogP contribution in [-0.4, -0.2) is 13.1 Å². The fraction of sp³-hybridized carbons (Fsp3) is 1.00. The molecular formula is C14H27N.